The number of hydrazone groups is 1. The fourth-order valence-electron chi connectivity index (χ4n) is 1.81. The quantitative estimate of drug-likeness (QED) is 0.726. The van der Waals surface area contributed by atoms with Crippen LogP contribution >= 0.6 is 0 Å². The number of anilines is 1. The van der Waals surface area contributed by atoms with E-state index in [0.29, 0.717) is 11.4 Å². The highest BCUT2D eigenvalue weighted by Crippen LogP contribution is 2.27. The predicted molar refractivity (Wildman–Crippen MR) is 68.1 cm³/mol. The van der Waals surface area contributed by atoms with Crippen molar-refractivity contribution in [3.63, 3.8) is 0 Å². The lowest BCUT2D eigenvalue weighted by Crippen LogP contribution is -2.32. The topological polar surface area (TPSA) is 96.6 Å². The van der Waals surface area contributed by atoms with Crippen molar-refractivity contribution in [3.8, 4) is 0 Å². The highest BCUT2D eigenvalue weighted by atomic mass is 16.2. The number of benzene rings is 1. The van der Waals surface area contributed by atoms with Gasteiger partial charge in [0.25, 0.3) is 5.91 Å². The van der Waals surface area contributed by atoms with Crippen LogP contribution in [0.25, 0.3) is 0 Å². The molecule has 1 heterocycles. The third-order valence-corrected chi connectivity index (χ3v) is 2.83. The highest BCUT2D eigenvalue weighted by molar-refractivity contribution is 6.19. The minimum absolute atomic E-state index is 0.147. The van der Waals surface area contributed by atoms with Crippen LogP contribution in [-0.2, 0) is 4.79 Å². The Morgan fingerprint density at radius 1 is 1.44 bits per heavy atom. The highest BCUT2D eigenvalue weighted by Gasteiger charge is 2.39. The fourth-order valence-corrected chi connectivity index (χ4v) is 1.81. The van der Waals surface area contributed by atoms with E-state index in [1.807, 2.05) is 6.07 Å². The number of urea groups is 1. The van der Waals surface area contributed by atoms with Crippen molar-refractivity contribution in [2.24, 2.45) is 16.3 Å². The number of nitrogens with one attached hydrogen (secondary N) is 2. The second kappa shape index (κ2) is 4.14. The number of amides is 3. The van der Waals surface area contributed by atoms with Crippen molar-refractivity contribution in [2.45, 2.75) is 13.8 Å². The van der Waals surface area contributed by atoms with E-state index in [9.17, 15) is 9.59 Å². The number of hydrogen-bond donors (Lipinski definition) is 3. The van der Waals surface area contributed by atoms with Crippen LogP contribution in [0.3, 0.4) is 0 Å². The molecule has 1 aromatic rings. The summed E-state index contributed by atoms with van der Waals surface area (Å²) in [5.41, 5.74) is 8.80. The molecule has 0 spiro atoms. The minimum atomic E-state index is -0.689. The number of nitrogens with zero attached hydrogens (tertiary/aromatic N) is 1. The third kappa shape index (κ3) is 2.04. The standard InChI is InChI=1S/C12H14N4O2/c1-12(2)9(15-16-10(12)17)7-4-3-5-8(6-7)14-11(13)18/h3-6H,1-2H3,(H,16,17)(H3,13,14,18). The molecule has 0 saturated carbocycles. The third-order valence-electron chi connectivity index (χ3n) is 2.83. The van der Waals surface area contributed by atoms with Crippen molar-refractivity contribution in [1.82, 2.24) is 5.43 Å². The molecule has 6 heteroatoms. The van der Waals surface area contributed by atoms with Gasteiger partial charge in [0.2, 0.25) is 0 Å². The van der Waals surface area contributed by atoms with Gasteiger partial charge < -0.3 is 11.1 Å². The fraction of sp³-hybridized carbons (Fsp3) is 0.250. The lowest BCUT2D eigenvalue weighted by molar-refractivity contribution is -0.125. The van der Waals surface area contributed by atoms with Gasteiger partial charge in [0.15, 0.2) is 0 Å². The summed E-state index contributed by atoms with van der Waals surface area (Å²) >= 11 is 0. The first-order valence-electron chi connectivity index (χ1n) is 5.47. The summed E-state index contributed by atoms with van der Waals surface area (Å²) in [4.78, 5) is 22.4. The van der Waals surface area contributed by atoms with Gasteiger partial charge in [0.05, 0.1) is 11.1 Å². The molecule has 1 aromatic carbocycles. The summed E-state index contributed by atoms with van der Waals surface area (Å²) in [6, 6.07) is 6.40. The minimum Gasteiger partial charge on any atom is -0.351 e. The van der Waals surface area contributed by atoms with Gasteiger partial charge in [0, 0.05) is 11.3 Å². The summed E-state index contributed by atoms with van der Waals surface area (Å²) in [6.45, 7) is 3.59. The Hall–Kier alpha value is -2.37. The zero-order chi connectivity index (χ0) is 13.3. The molecule has 94 valence electrons. The Kier molecular flexibility index (Phi) is 2.78. The van der Waals surface area contributed by atoms with E-state index in [-0.39, 0.29) is 5.91 Å². The van der Waals surface area contributed by atoms with Crippen LogP contribution in [0.5, 0.6) is 0 Å². The Morgan fingerprint density at radius 2 is 2.17 bits per heavy atom. The Bertz CT molecular complexity index is 549. The van der Waals surface area contributed by atoms with Gasteiger partial charge in [-0.2, -0.15) is 5.10 Å². The van der Waals surface area contributed by atoms with Gasteiger partial charge in [0.1, 0.15) is 0 Å². The average molecular weight is 246 g/mol. The first kappa shape index (κ1) is 12.1. The molecule has 0 atom stereocenters. The maximum atomic E-state index is 11.6. The molecule has 0 aromatic heterocycles. The molecule has 4 N–H and O–H groups in total. The van der Waals surface area contributed by atoms with Gasteiger partial charge >= 0.3 is 6.03 Å². The van der Waals surface area contributed by atoms with Crippen LogP contribution in [0, 0.1) is 5.41 Å². The maximum Gasteiger partial charge on any atom is 0.316 e. The number of carbonyl (C=O) groups excluding carboxylic acids is 2. The first-order chi connectivity index (χ1) is 8.41. The predicted octanol–water partition coefficient (Wildman–Crippen LogP) is 1.04. The summed E-state index contributed by atoms with van der Waals surface area (Å²) in [5.74, 6) is -0.147. The van der Waals surface area contributed by atoms with Gasteiger partial charge in [-0.1, -0.05) is 12.1 Å². The van der Waals surface area contributed by atoms with Gasteiger partial charge in [-0.15, -0.1) is 0 Å². The Labute approximate surface area is 104 Å². The van der Waals surface area contributed by atoms with Crippen LogP contribution in [-0.4, -0.2) is 17.6 Å². The number of hydrogen-bond acceptors (Lipinski definition) is 3. The smallest absolute Gasteiger partial charge is 0.316 e. The molecule has 0 fully saturated rings. The molecule has 1 aliphatic heterocycles. The van der Waals surface area contributed by atoms with Crippen LogP contribution in [0.2, 0.25) is 0 Å². The van der Waals surface area contributed by atoms with Crippen LogP contribution in [0.15, 0.2) is 29.4 Å². The maximum absolute atomic E-state index is 11.6. The molecular weight excluding hydrogens is 232 g/mol. The van der Waals surface area contributed by atoms with E-state index in [4.69, 9.17) is 5.73 Å². The number of nitrogens with two attached hydrogens (primary N) is 1. The average Bonchev–Trinajstić information content (AvgIpc) is 2.53. The molecule has 2 rings (SSSR count). The molecular formula is C12H14N4O2. The SMILES string of the molecule is CC1(C)C(=O)NN=C1c1cccc(NC(N)=O)c1. The molecule has 0 bridgehead atoms. The second-order valence-corrected chi connectivity index (χ2v) is 4.60. The van der Waals surface area contributed by atoms with Crippen molar-refractivity contribution in [2.75, 3.05) is 5.32 Å². The summed E-state index contributed by atoms with van der Waals surface area (Å²) < 4.78 is 0. The van der Waals surface area contributed by atoms with Crippen LogP contribution in [0.1, 0.15) is 19.4 Å². The number of carbonyl (C=O) groups is 2. The molecule has 0 aliphatic carbocycles. The van der Waals surface area contributed by atoms with Gasteiger partial charge in [-0.05, 0) is 26.0 Å². The largest absolute Gasteiger partial charge is 0.351 e. The van der Waals surface area contributed by atoms with Crippen molar-refractivity contribution < 1.29 is 9.59 Å². The molecule has 6 nitrogen and oxygen atoms in total. The van der Waals surface area contributed by atoms with Crippen LogP contribution < -0.4 is 16.5 Å². The van der Waals surface area contributed by atoms with E-state index >= 15 is 0 Å². The number of rotatable bonds is 2. The first-order valence-corrected chi connectivity index (χ1v) is 5.47. The summed E-state index contributed by atoms with van der Waals surface area (Å²) in [5, 5.41) is 6.52. The molecule has 0 radical (unpaired) electrons. The van der Waals surface area contributed by atoms with Gasteiger partial charge in [-0.3, -0.25) is 4.79 Å². The van der Waals surface area contributed by atoms with E-state index in [2.05, 4.69) is 15.8 Å². The molecule has 1 aliphatic rings. The van der Waals surface area contributed by atoms with E-state index in [1.54, 1.807) is 32.0 Å². The molecule has 3 amide bonds. The van der Waals surface area contributed by atoms with E-state index < -0.39 is 11.4 Å². The van der Waals surface area contributed by atoms with Crippen LogP contribution in [0.4, 0.5) is 10.5 Å². The van der Waals surface area contributed by atoms with Crippen molar-refractivity contribution >= 4 is 23.3 Å². The molecule has 0 saturated heterocycles. The van der Waals surface area contributed by atoms with Gasteiger partial charge in [-0.25, -0.2) is 10.2 Å². The lowest BCUT2D eigenvalue weighted by Gasteiger charge is -2.17. The zero-order valence-corrected chi connectivity index (χ0v) is 10.2. The second-order valence-electron chi connectivity index (χ2n) is 4.60. The normalized spacial score (nSPS) is 17.0. The van der Waals surface area contributed by atoms with E-state index in [1.165, 1.54) is 0 Å². The van der Waals surface area contributed by atoms with Crippen molar-refractivity contribution in [3.05, 3.63) is 29.8 Å². The van der Waals surface area contributed by atoms with Crippen molar-refractivity contribution in [1.29, 1.82) is 0 Å². The Morgan fingerprint density at radius 3 is 2.72 bits per heavy atom. The lowest BCUT2D eigenvalue weighted by atomic mass is 9.84. The zero-order valence-electron chi connectivity index (χ0n) is 10.2. The monoisotopic (exact) mass is 246 g/mol. The Balaban J connectivity index is 2.35. The summed E-state index contributed by atoms with van der Waals surface area (Å²) in [7, 11) is 0. The molecule has 18 heavy (non-hydrogen) atoms. The summed E-state index contributed by atoms with van der Waals surface area (Å²) in [6.07, 6.45) is 0. The number of primary amides is 1. The van der Waals surface area contributed by atoms with E-state index in [0.717, 1.165) is 5.56 Å². The molecule has 0 unspecified atom stereocenters.